The number of rotatable bonds is 9. The lowest BCUT2D eigenvalue weighted by molar-refractivity contribution is 0.199. The van der Waals surface area contributed by atoms with Gasteiger partial charge in [-0.1, -0.05) is 26.0 Å². The van der Waals surface area contributed by atoms with Gasteiger partial charge >= 0.3 is 0 Å². The minimum atomic E-state index is 0.370. The normalized spacial score (nSPS) is 12.7. The molecular formula is C16H24N6. The van der Waals surface area contributed by atoms with Crippen LogP contribution in [0.5, 0.6) is 0 Å². The zero-order valence-corrected chi connectivity index (χ0v) is 13.3. The van der Waals surface area contributed by atoms with E-state index in [0.29, 0.717) is 12.0 Å². The van der Waals surface area contributed by atoms with E-state index in [1.807, 2.05) is 24.3 Å². The van der Waals surface area contributed by atoms with E-state index in [1.54, 1.807) is 10.8 Å². The fraction of sp³-hybridized carbons (Fsp3) is 0.438. The topological polar surface area (TPSA) is 58.3 Å². The van der Waals surface area contributed by atoms with Gasteiger partial charge in [0, 0.05) is 25.7 Å². The molecule has 2 aromatic rings. The summed E-state index contributed by atoms with van der Waals surface area (Å²) < 4.78 is 1.66. The highest BCUT2D eigenvalue weighted by molar-refractivity contribution is 5.43. The molecule has 0 saturated carbocycles. The van der Waals surface area contributed by atoms with Crippen LogP contribution in [0.2, 0.25) is 0 Å². The van der Waals surface area contributed by atoms with Gasteiger partial charge in [-0.15, -0.1) is 28.5 Å². The molecule has 118 valence electrons. The molecule has 0 aromatic carbocycles. The molecule has 0 aliphatic heterocycles. The van der Waals surface area contributed by atoms with Gasteiger partial charge in [0.1, 0.15) is 12.1 Å². The van der Waals surface area contributed by atoms with Crippen molar-refractivity contribution in [2.75, 3.05) is 25.0 Å². The van der Waals surface area contributed by atoms with E-state index in [9.17, 15) is 0 Å². The lowest BCUT2D eigenvalue weighted by atomic mass is 10.0. The van der Waals surface area contributed by atoms with Gasteiger partial charge in [-0.25, -0.2) is 0 Å². The third-order valence-electron chi connectivity index (χ3n) is 3.62. The lowest BCUT2D eigenvalue weighted by Crippen LogP contribution is -2.44. The van der Waals surface area contributed by atoms with Crippen molar-refractivity contribution in [1.82, 2.24) is 24.7 Å². The maximum atomic E-state index is 4.44. The number of hydrogen-bond donors (Lipinski definition) is 1. The number of nitrogens with zero attached hydrogens (tertiary/aromatic N) is 5. The maximum Gasteiger partial charge on any atom is 0.177 e. The molecule has 1 atom stereocenters. The summed E-state index contributed by atoms with van der Waals surface area (Å²) in [6.45, 7) is 14.6. The number of fused-ring (bicyclic) bond motifs is 1. The SMILES string of the molecule is C=CCN(CC=C)C(CNc1ccc2nncn2n1)C(C)C. The van der Waals surface area contributed by atoms with Crippen molar-refractivity contribution in [3.63, 3.8) is 0 Å². The molecule has 0 aliphatic carbocycles. The van der Waals surface area contributed by atoms with Crippen LogP contribution >= 0.6 is 0 Å². The largest absolute Gasteiger partial charge is 0.367 e. The molecule has 0 radical (unpaired) electrons. The molecule has 0 fully saturated rings. The summed E-state index contributed by atoms with van der Waals surface area (Å²) >= 11 is 0. The quantitative estimate of drug-likeness (QED) is 0.720. The highest BCUT2D eigenvalue weighted by Crippen LogP contribution is 2.13. The second-order valence-electron chi connectivity index (χ2n) is 5.58. The van der Waals surface area contributed by atoms with Crippen LogP contribution in [-0.2, 0) is 0 Å². The molecule has 6 heteroatoms. The van der Waals surface area contributed by atoms with Gasteiger partial charge in [0.15, 0.2) is 5.65 Å². The molecule has 6 nitrogen and oxygen atoms in total. The zero-order chi connectivity index (χ0) is 15.9. The predicted molar refractivity (Wildman–Crippen MR) is 89.9 cm³/mol. The first kappa shape index (κ1) is 16.2. The number of aromatic nitrogens is 4. The van der Waals surface area contributed by atoms with Crippen molar-refractivity contribution in [2.24, 2.45) is 5.92 Å². The first-order valence-electron chi connectivity index (χ1n) is 7.52. The zero-order valence-electron chi connectivity index (χ0n) is 13.3. The fourth-order valence-corrected chi connectivity index (χ4v) is 2.50. The van der Waals surface area contributed by atoms with Gasteiger partial charge < -0.3 is 5.32 Å². The van der Waals surface area contributed by atoms with Gasteiger partial charge in [0.2, 0.25) is 0 Å². The van der Waals surface area contributed by atoms with Crippen LogP contribution in [0, 0.1) is 5.92 Å². The molecule has 2 rings (SSSR count). The van der Waals surface area contributed by atoms with Crippen LogP contribution in [0.4, 0.5) is 5.82 Å². The minimum Gasteiger partial charge on any atom is -0.367 e. The Morgan fingerprint density at radius 3 is 2.64 bits per heavy atom. The van der Waals surface area contributed by atoms with E-state index in [2.05, 4.69) is 52.5 Å². The monoisotopic (exact) mass is 300 g/mol. The average molecular weight is 300 g/mol. The second kappa shape index (κ2) is 7.70. The Morgan fingerprint density at radius 2 is 2.00 bits per heavy atom. The summed E-state index contributed by atoms with van der Waals surface area (Å²) in [5.74, 6) is 1.32. The predicted octanol–water partition coefficient (Wildman–Crippen LogP) is 2.23. The molecular weight excluding hydrogens is 276 g/mol. The van der Waals surface area contributed by atoms with Gasteiger partial charge in [-0.05, 0) is 18.1 Å². The molecule has 1 unspecified atom stereocenters. The van der Waals surface area contributed by atoms with Gasteiger partial charge in [-0.3, -0.25) is 4.90 Å². The molecule has 0 saturated heterocycles. The highest BCUT2D eigenvalue weighted by atomic mass is 15.4. The number of nitrogens with one attached hydrogen (secondary N) is 1. The standard InChI is InChI=1S/C16H24N6/c1-5-9-21(10-6-2)14(13(3)4)11-17-15-7-8-16-19-18-12-22(16)20-15/h5-8,12-14H,1-2,9-11H2,3-4H3,(H,17,20). The first-order chi connectivity index (χ1) is 10.7. The Balaban J connectivity index is 2.06. The molecule has 0 aliphatic rings. The number of hydrogen-bond acceptors (Lipinski definition) is 5. The Labute approximate surface area is 131 Å². The summed E-state index contributed by atoms with van der Waals surface area (Å²) in [6, 6.07) is 4.19. The smallest absolute Gasteiger partial charge is 0.177 e. The molecule has 0 amide bonds. The van der Waals surface area contributed by atoms with E-state index in [0.717, 1.165) is 31.1 Å². The molecule has 2 aromatic heterocycles. The van der Waals surface area contributed by atoms with Gasteiger partial charge in [0.05, 0.1) is 0 Å². The molecule has 0 spiro atoms. The van der Waals surface area contributed by atoms with Crippen molar-refractivity contribution in [3.05, 3.63) is 43.8 Å². The van der Waals surface area contributed by atoms with Crippen molar-refractivity contribution >= 4 is 11.5 Å². The third-order valence-corrected chi connectivity index (χ3v) is 3.62. The van der Waals surface area contributed by atoms with Crippen LogP contribution in [0.3, 0.4) is 0 Å². The van der Waals surface area contributed by atoms with Crippen LogP contribution in [0.25, 0.3) is 5.65 Å². The van der Waals surface area contributed by atoms with E-state index in [1.165, 1.54) is 0 Å². The fourth-order valence-electron chi connectivity index (χ4n) is 2.50. The summed E-state index contributed by atoms with van der Waals surface area (Å²) in [7, 11) is 0. The van der Waals surface area contributed by atoms with E-state index < -0.39 is 0 Å². The van der Waals surface area contributed by atoms with Crippen LogP contribution in [-0.4, -0.2) is 50.4 Å². The lowest BCUT2D eigenvalue weighted by Gasteiger charge is -2.33. The van der Waals surface area contributed by atoms with Crippen LogP contribution < -0.4 is 5.32 Å². The Morgan fingerprint density at radius 1 is 1.27 bits per heavy atom. The van der Waals surface area contributed by atoms with Crippen molar-refractivity contribution in [2.45, 2.75) is 19.9 Å². The Kier molecular flexibility index (Phi) is 5.66. The van der Waals surface area contributed by atoms with Crippen LogP contribution in [0.1, 0.15) is 13.8 Å². The Bertz CT molecular complexity index is 608. The van der Waals surface area contributed by atoms with Crippen molar-refractivity contribution < 1.29 is 0 Å². The minimum absolute atomic E-state index is 0.370. The summed E-state index contributed by atoms with van der Waals surface area (Å²) in [4.78, 5) is 2.36. The summed E-state index contributed by atoms with van der Waals surface area (Å²) in [5.41, 5.74) is 0.742. The van der Waals surface area contributed by atoms with Crippen LogP contribution in [0.15, 0.2) is 43.8 Å². The molecule has 22 heavy (non-hydrogen) atoms. The van der Waals surface area contributed by atoms with E-state index in [4.69, 9.17) is 0 Å². The molecule has 0 bridgehead atoms. The molecule has 1 N–H and O–H groups in total. The third kappa shape index (κ3) is 3.92. The Hall–Kier alpha value is -2.21. The second-order valence-corrected chi connectivity index (χ2v) is 5.58. The van der Waals surface area contributed by atoms with E-state index >= 15 is 0 Å². The maximum absolute atomic E-state index is 4.44. The first-order valence-corrected chi connectivity index (χ1v) is 7.52. The molecule has 2 heterocycles. The number of anilines is 1. The van der Waals surface area contributed by atoms with E-state index in [-0.39, 0.29) is 0 Å². The summed E-state index contributed by atoms with van der Waals surface area (Å²) in [6.07, 6.45) is 5.46. The van der Waals surface area contributed by atoms with Crippen molar-refractivity contribution in [1.29, 1.82) is 0 Å². The van der Waals surface area contributed by atoms with Gasteiger partial charge in [-0.2, -0.15) is 4.52 Å². The van der Waals surface area contributed by atoms with Gasteiger partial charge in [0.25, 0.3) is 0 Å². The summed E-state index contributed by atoms with van der Waals surface area (Å²) in [5, 5.41) is 15.6. The average Bonchev–Trinajstić information content (AvgIpc) is 2.95. The van der Waals surface area contributed by atoms with Crippen molar-refractivity contribution in [3.8, 4) is 0 Å². The highest BCUT2D eigenvalue weighted by Gasteiger charge is 2.20.